The molecule has 1 heterocycles. The molecule has 0 aliphatic carbocycles. The van der Waals surface area contributed by atoms with Crippen molar-refractivity contribution >= 4 is 11.8 Å². The molecule has 114 valence electrons. The molecule has 2 rings (SSSR count). The van der Waals surface area contributed by atoms with Crippen LogP contribution in [-0.2, 0) is 12.2 Å². The van der Waals surface area contributed by atoms with Crippen molar-refractivity contribution in [3.05, 3.63) is 41.5 Å². The Labute approximate surface area is 130 Å². The van der Waals surface area contributed by atoms with Gasteiger partial charge >= 0.3 is 0 Å². The van der Waals surface area contributed by atoms with Crippen LogP contribution in [0.4, 0.5) is 0 Å². The molecule has 0 fully saturated rings. The minimum atomic E-state index is 0.397. The maximum absolute atomic E-state index is 5.11. The van der Waals surface area contributed by atoms with Crippen LogP contribution in [0.2, 0.25) is 0 Å². The van der Waals surface area contributed by atoms with Gasteiger partial charge in [-0.2, -0.15) is 4.98 Å². The lowest BCUT2D eigenvalue weighted by molar-refractivity contribution is 0.378. The molecule has 0 aliphatic heterocycles. The molecule has 2 aromatic rings. The van der Waals surface area contributed by atoms with Crippen LogP contribution in [0.3, 0.4) is 0 Å². The lowest BCUT2D eigenvalue weighted by Gasteiger charge is -2.13. The zero-order valence-electron chi connectivity index (χ0n) is 12.9. The molecule has 0 radical (unpaired) electrons. The van der Waals surface area contributed by atoms with Gasteiger partial charge in [0.05, 0.1) is 5.75 Å². The zero-order valence-corrected chi connectivity index (χ0v) is 13.7. The molecule has 1 unspecified atom stereocenters. The molecule has 4 nitrogen and oxygen atoms in total. The van der Waals surface area contributed by atoms with Gasteiger partial charge in [0.2, 0.25) is 5.89 Å². The summed E-state index contributed by atoms with van der Waals surface area (Å²) in [5, 5.41) is 7.46. The first-order chi connectivity index (χ1) is 10.2. The maximum Gasteiger partial charge on any atom is 0.226 e. The summed E-state index contributed by atoms with van der Waals surface area (Å²) in [5.41, 5.74) is 1.32. The summed E-state index contributed by atoms with van der Waals surface area (Å²) in [7, 11) is 0. The highest BCUT2D eigenvalue weighted by atomic mass is 32.2. The zero-order chi connectivity index (χ0) is 15.1. The number of hydrogen-bond donors (Lipinski definition) is 1. The Kier molecular flexibility index (Phi) is 6.26. The van der Waals surface area contributed by atoms with Crippen LogP contribution >= 0.6 is 11.8 Å². The number of nitrogens with one attached hydrogen (secondary N) is 1. The Bertz CT molecular complexity index is 539. The van der Waals surface area contributed by atoms with Crippen molar-refractivity contribution in [2.75, 3.05) is 6.54 Å². The topological polar surface area (TPSA) is 51.0 Å². The highest BCUT2D eigenvalue weighted by Crippen LogP contribution is 2.23. The molecule has 0 amide bonds. The van der Waals surface area contributed by atoms with Crippen LogP contribution in [0.25, 0.3) is 0 Å². The number of benzene rings is 1. The van der Waals surface area contributed by atoms with Crippen molar-refractivity contribution in [3.63, 3.8) is 0 Å². The summed E-state index contributed by atoms with van der Waals surface area (Å²) in [5.74, 6) is 2.21. The Hall–Kier alpha value is -1.33. The fraction of sp³-hybridized carbons (Fsp3) is 0.500. The molecular weight excluding hydrogens is 282 g/mol. The van der Waals surface area contributed by atoms with Gasteiger partial charge in [-0.3, -0.25) is 0 Å². The number of aromatic nitrogens is 2. The Morgan fingerprint density at radius 1 is 1.24 bits per heavy atom. The summed E-state index contributed by atoms with van der Waals surface area (Å²) in [6, 6.07) is 9.08. The molecule has 21 heavy (non-hydrogen) atoms. The fourth-order valence-corrected chi connectivity index (χ4v) is 2.71. The van der Waals surface area contributed by atoms with E-state index in [0.29, 0.717) is 11.9 Å². The average Bonchev–Trinajstić information content (AvgIpc) is 2.99. The third-order valence-electron chi connectivity index (χ3n) is 3.26. The number of hydrogen-bond acceptors (Lipinski definition) is 5. The van der Waals surface area contributed by atoms with E-state index >= 15 is 0 Å². The molecule has 1 aromatic carbocycles. The minimum absolute atomic E-state index is 0.397. The molecule has 0 bridgehead atoms. The van der Waals surface area contributed by atoms with Gasteiger partial charge in [-0.1, -0.05) is 31.1 Å². The van der Waals surface area contributed by atoms with Gasteiger partial charge in [-0.25, -0.2) is 0 Å². The SMILES string of the molecule is CCCNC(C)c1ccc(SCc2noc(CC)n2)cc1. The van der Waals surface area contributed by atoms with Crippen LogP contribution < -0.4 is 5.32 Å². The van der Waals surface area contributed by atoms with E-state index in [1.54, 1.807) is 11.8 Å². The van der Waals surface area contributed by atoms with E-state index in [2.05, 4.69) is 53.6 Å². The number of thioether (sulfide) groups is 1. The number of nitrogens with zero attached hydrogens (tertiary/aromatic N) is 2. The monoisotopic (exact) mass is 305 g/mol. The van der Waals surface area contributed by atoms with Crippen LogP contribution in [-0.4, -0.2) is 16.7 Å². The second-order valence-corrected chi connectivity index (χ2v) is 6.04. The van der Waals surface area contributed by atoms with Crippen molar-refractivity contribution < 1.29 is 4.52 Å². The van der Waals surface area contributed by atoms with E-state index in [-0.39, 0.29) is 0 Å². The van der Waals surface area contributed by atoms with Gasteiger partial charge in [0.1, 0.15) is 0 Å². The smallest absolute Gasteiger partial charge is 0.226 e. The van der Waals surface area contributed by atoms with Crippen LogP contribution in [0.5, 0.6) is 0 Å². The molecular formula is C16H23N3OS. The van der Waals surface area contributed by atoms with E-state index in [9.17, 15) is 0 Å². The van der Waals surface area contributed by atoms with Crippen molar-refractivity contribution in [2.45, 2.75) is 50.3 Å². The fourth-order valence-electron chi connectivity index (χ4n) is 1.97. The Morgan fingerprint density at radius 3 is 2.62 bits per heavy atom. The molecule has 1 atom stereocenters. The van der Waals surface area contributed by atoms with Gasteiger partial charge in [0.25, 0.3) is 0 Å². The van der Waals surface area contributed by atoms with Gasteiger partial charge < -0.3 is 9.84 Å². The van der Waals surface area contributed by atoms with Crippen LogP contribution in [0.15, 0.2) is 33.7 Å². The highest BCUT2D eigenvalue weighted by molar-refractivity contribution is 7.98. The summed E-state index contributed by atoms with van der Waals surface area (Å²) in [6.07, 6.45) is 1.94. The summed E-state index contributed by atoms with van der Waals surface area (Å²) < 4.78 is 5.11. The van der Waals surface area contributed by atoms with Crippen LogP contribution in [0, 0.1) is 0 Å². The lowest BCUT2D eigenvalue weighted by atomic mass is 10.1. The average molecular weight is 305 g/mol. The molecule has 1 N–H and O–H groups in total. The molecule has 5 heteroatoms. The Balaban J connectivity index is 1.87. The van der Waals surface area contributed by atoms with Crippen molar-refractivity contribution in [1.29, 1.82) is 0 Å². The summed E-state index contributed by atoms with van der Waals surface area (Å²) >= 11 is 1.73. The first-order valence-corrected chi connectivity index (χ1v) is 8.49. The van der Waals surface area contributed by atoms with E-state index < -0.39 is 0 Å². The number of aryl methyl sites for hydroxylation is 1. The Morgan fingerprint density at radius 2 is 2.00 bits per heavy atom. The standard InChI is InChI=1S/C16H23N3OS/c1-4-10-17-12(3)13-6-8-14(9-7-13)21-11-15-18-16(5-2)20-19-15/h6-9,12,17H,4-5,10-11H2,1-3H3. The van der Waals surface area contributed by atoms with Crippen LogP contribution in [0.1, 0.15) is 50.5 Å². The predicted octanol–water partition coefficient (Wildman–Crippen LogP) is 3.98. The first-order valence-electron chi connectivity index (χ1n) is 7.50. The van der Waals surface area contributed by atoms with Gasteiger partial charge in [-0.15, -0.1) is 11.8 Å². The normalized spacial score (nSPS) is 12.5. The molecule has 0 saturated carbocycles. The van der Waals surface area contributed by atoms with Crippen molar-refractivity contribution in [3.8, 4) is 0 Å². The van der Waals surface area contributed by atoms with Crippen molar-refractivity contribution in [1.82, 2.24) is 15.5 Å². The number of rotatable bonds is 8. The third kappa shape index (κ3) is 4.86. The van der Waals surface area contributed by atoms with E-state index in [4.69, 9.17) is 4.52 Å². The van der Waals surface area contributed by atoms with E-state index in [1.165, 1.54) is 10.5 Å². The molecule has 0 spiro atoms. The first kappa shape index (κ1) is 16.0. The van der Waals surface area contributed by atoms with Gasteiger partial charge in [-0.05, 0) is 37.6 Å². The second kappa shape index (κ2) is 8.20. The highest BCUT2D eigenvalue weighted by Gasteiger charge is 2.06. The van der Waals surface area contributed by atoms with Crippen molar-refractivity contribution in [2.24, 2.45) is 0 Å². The minimum Gasteiger partial charge on any atom is -0.339 e. The third-order valence-corrected chi connectivity index (χ3v) is 4.27. The summed E-state index contributed by atoms with van der Waals surface area (Å²) in [4.78, 5) is 5.54. The van der Waals surface area contributed by atoms with Gasteiger partial charge in [0.15, 0.2) is 5.82 Å². The summed E-state index contributed by atoms with van der Waals surface area (Å²) in [6.45, 7) is 7.44. The van der Waals surface area contributed by atoms with E-state index in [1.807, 2.05) is 6.92 Å². The van der Waals surface area contributed by atoms with E-state index in [0.717, 1.165) is 31.0 Å². The van der Waals surface area contributed by atoms with Gasteiger partial charge in [0, 0.05) is 17.4 Å². The molecule has 0 aliphatic rings. The second-order valence-electron chi connectivity index (χ2n) is 4.99. The molecule has 1 aromatic heterocycles. The lowest BCUT2D eigenvalue weighted by Crippen LogP contribution is -2.19. The molecule has 0 saturated heterocycles. The quantitative estimate of drug-likeness (QED) is 0.747. The maximum atomic E-state index is 5.11. The predicted molar refractivity (Wildman–Crippen MR) is 86.4 cm³/mol. The largest absolute Gasteiger partial charge is 0.339 e.